The minimum atomic E-state index is 0.388. The van der Waals surface area contributed by atoms with Gasteiger partial charge in [0.05, 0.1) is 7.11 Å². The highest BCUT2D eigenvalue weighted by Gasteiger charge is 1.92. The Morgan fingerprint density at radius 3 is 1.88 bits per heavy atom. The molecule has 16 heavy (non-hydrogen) atoms. The van der Waals surface area contributed by atoms with Gasteiger partial charge in [-0.2, -0.15) is 0 Å². The number of aldehydes is 1. The minimum Gasteiger partial charge on any atom is -0.497 e. The fourth-order valence-corrected chi connectivity index (χ4v) is 0.723. The molecule has 84 valence electrons. The fourth-order valence-electron chi connectivity index (χ4n) is 0.723. The first-order valence-electron chi connectivity index (χ1n) is 4.62. The summed E-state index contributed by atoms with van der Waals surface area (Å²) >= 11 is 0. The van der Waals surface area contributed by atoms with Gasteiger partial charge in [0.1, 0.15) is 12.0 Å². The van der Waals surface area contributed by atoms with Crippen molar-refractivity contribution >= 4 is 6.29 Å². The van der Waals surface area contributed by atoms with Crippen LogP contribution in [0.3, 0.4) is 0 Å². The maximum Gasteiger partial charge on any atom is 0.149 e. The molecule has 0 spiro atoms. The van der Waals surface area contributed by atoms with Crippen molar-refractivity contribution in [3.8, 4) is 0 Å². The highest BCUT2D eigenvalue weighted by Crippen LogP contribution is 2.10. The molecule has 0 saturated heterocycles. The molecule has 0 saturated carbocycles. The van der Waals surface area contributed by atoms with Crippen molar-refractivity contribution in [2.45, 2.75) is 0 Å². The molecule has 0 rings (SSSR count). The minimum absolute atomic E-state index is 0.388. The van der Waals surface area contributed by atoms with E-state index in [1.165, 1.54) is 7.11 Å². The summed E-state index contributed by atoms with van der Waals surface area (Å²) in [4.78, 5) is 10.3. The van der Waals surface area contributed by atoms with Crippen LogP contribution in [0.25, 0.3) is 0 Å². The molecule has 0 aromatic heterocycles. The van der Waals surface area contributed by atoms with Crippen LogP contribution in [0.4, 0.5) is 0 Å². The van der Waals surface area contributed by atoms with E-state index in [-0.39, 0.29) is 0 Å². The van der Waals surface area contributed by atoms with Crippen LogP contribution < -0.4 is 0 Å². The van der Waals surface area contributed by atoms with E-state index in [0.29, 0.717) is 28.8 Å². The summed E-state index contributed by atoms with van der Waals surface area (Å²) in [7, 11) is 1.54. The molecule has 0 aromatic carbocycles. The number of ether oxygens (including phenoxy) is 1. The number of hydrogen-bond acceptors (Lipinski definition) is 2. The fraction of sp³-hybridized carbons (Fsp3) is 0.0714. The number of methoxy groups -OCH3 is 1. The summed E-state index contributed by atoms with van der Waals surface area (Å²) in [5, 5.41) is 0. The Hall–Kier alpha value is -2.09. The molecule has 0 radical (unpaired) electrons. The second-order valence-corrected chi connectivity index (χ2v) is 3.08. The Balaban J connectivity index is 4.41. The van der Waals surface area contributed by atoms with Gasteiger partial charge in [-0.15, -0.1) is 0 Å². The number of hydrogen-bond donors (Lipinski definition) is 0. The van der Waals surface area contributed by atoms with Crippen molar-refractivity contribution in [2.75, 3.05) is 7.11 Å². The topological polar surface area (TPSA) is 26.3 Å². The highest BCUT2D eigenvalue weighted by atomic mass is 16.5. The summed E-state index contributed by atoms with van der Waals surface area (Å²) in [5.41, 5.74) is 1.80. The van der Waals surface area contributed by atoms with Gasteiger partial charge < -0.3 is 4.74 Å². The summed E-state index contributed by atoms with van der Waals surface area (Å²) in [6.07, 6.45) is 7.37. The molecule has 0 fully saturated rings. The summed E-state index contributed by atoms with van der Waals surface area (Å²) < 4.78 is 4.87. The first kappa shape index (κ1) is 13.9. The van der Waals surface area contributed by atoms with Gasteiger partial charge in [0.25, 0.3) is 0 Å². The Kier molecular flexibility index (Phi) is 6.29. The van der Waals surface area contributed by atoms with Crippen LogP contribution >= 0.6 is 0 Å². The van der Waals surface area contributed by atoms with Gasteiger partial charge in [0, 0.05) is 5.57 Å². The Labute approximate surface area is 96.6 Å². The predicted molar refractivity (Wildman–Crippen MR) is 67.9 cm³/mol. The molecule has 0 amide bonds. The van der Waals surface area contributed by atoms with Gasteiger partial charge in [0.2, 0.25) is 0 Å². The van der Waals surface area contributed by atoms with Crippen LogP contribution in [0.15, 0.2) is 73.1 Å². The molecule has 0 aliphatic carbocycles. The zero-order valence-corrected chi connectivity index (χ0v) is 9.53. The van der Waals surface area contributed by atoms with E-state index < -0.39 is 0 Å². The third-order valence-corrected chi connectivity index (χ3v) is 1.80. The van der Waals surface area contributed by atoms with Gasteiger partial charge in [-0.1, -0.05) is 44.5 Å². The van der Waals surface area contributed by atoms with Crippen LogP contribution in [0.2, 0.25) is 0 Å². The third kappa shape index (κ3) is 5.60. The second-order valence-electron chi connectivity index (χ2n) is 3.08. The van der Waals surface area contributed by atoms with Gasteiger partial charge in [-0.05, 0) is 17.2 Å². The standard InChI is InChI=1S/C14H16O2/c1-11(10-15)6-7-12(2)13(3)8-9-14(4)16-5/h6-10H,1-4H2,5H3/b7-6-,9-8-. The number of carbonyl (C=O) groups excluding carboxylic acids is 1. The van der Waals surface area contributed by atoms with E-state index >= 15 is 0 Å². The van der Waals surface area contributed by atoms with Crippen molar-refractivity contribution in [3.05, 3.63) is 73.1 Å². The molecule has 0 aliphatic heterocycles. The van der Waals surface area contributed by atoms with Crippen LogP contribution in [0.5, 0.6) is 0 Å². The molecule has 0 heterocycles. The third-order valence-electron chi connectivity index (χ3n) is 1.80. The van der Waals surface area contributed by atoms with Crippen LogP contribution in [-0.4, -0.2) is 13.4 Å². The van der Waals surface area contributed by atoms with E-state index in [0.717, 1.165) is 0 Å². The molecule has 0 N–H and O–H groups in total. The first-order valence-corrected chi connectivity index (χ1v) is 4.62. The van der Waals surface area contributed by atoms with E-state index in [4.69, 9.17) is 4.74 Å². The molecular formula is C14H16O2. The lowest BCUT2D eigenvalue weighted by Gasteiger charge is -2.00. The highest BCUT2D eigenvalue weighted by molar-refractivity contribution is 5.76. The van der Waals surface area contributed by atoms with Gasteiger partial charge in [0.15, 0.2) is 0 Å². The average molecular weight is 216 g/mol. The largest absolute Gasteiger partial charge is 0.497 e. The molecular weight excluding hydrogens is 200 g/mol. The molecule has 0 aliphatic rings. The molecule has 0 unspecified atom stereocenters. The lowest BCUT2D eigenvalue weighted by Crippen LogP contribution is -1.82. The van der Waals surface area contributed by atoms with E-state index in [2.05, 4.69) is 26.3 Å². The van der Waals surface area contributed by atoms with Crippen LogP contribution in [0, 0.1) is 0 Å². The molecule has 0 atom stereocenters. The van der Waals surface area contributed by atoms with E-state index in [1.54, 1.807) is 24.3 Å². The Bertz CT molecular complexity index is 382. The molecule has 2 heteroatoms. The van der Waals surface area contributed by atoms with Crippen molar-refractivity contribution in [2.24, 2.45) is 0 Å². The van der Waals surface area contributed by atoms with Crippen molar-refractivity contribution in [3.63, 3.8) is 0 Å². The zero-order valence-electron chi connectivity index (χ0n) is 9.53. The zero-order chi connectivity index (χ0) is 12.6. The Morgan fingerprint density at radius 2 is 1.44 bits per heavy atom. The van der Waals surface area contributed by atoms with Crippen molar-refractivity contribution < 1.29 is 9.53 Å². The quantitative estimate of drug-likeness (QED) is 0.283. The molecule has 2 nitrogen and oxygen atoms in total. The maximum atomic E-state index is 10.3. The summed E-state index contributed by atoms with van der Waals surface area (Å²) in [6.45, 7) is 14.8. The maximum absolute atomic E-state index is 10.3. The van der Waals surface area contributed by atoms with Gasteiger partial charge >= 0.3 is 0 Å². The lowest BCUT2D eigenvalue weighted by atomic mass is 10.1. The number of carbonyl (C=O) groups is 1. The van der Waals surface area contributed by atoms with Gasteiger partial charge in [-0.25, -0.2) is 0 Å². The summed E-state index contributed by atoms with van der Waals surface area (Å²) in [6, 6.07) is 0. The monoisotopic (exact) mass is 216 g/mol. The molecule has 0 aromatic rings. The van der Waals surface area contributed by atoms with Gasteiger partial charge in [-0.3, -0.25) is 4.79 Å². The SMILES string of the molecule is C=C(C=O)/C=C\C(=C)C(=C)/C=C\C(=C)OC. The average Bonchev–Trinajstić information content (AvgIpc) is 2.31. The van der Waals surface area contributed by atoms with E-state index in [9.17, 15) is 4.79 Å². The second kappa shape index (κ2) is 7.23. The lowest BCUT2D eigenvalue weighted by molar-refractivity contribution is -0.104. The normalized spacial score (nSPS) is 10.3. The smallest absolute Gasteiger partial charge is 0.149 e. The van der Waals surface area contributed by atoms with Crippen molar-refractivity contribution in [1.82, 2.24) is 0 Å². The summed E-state index contributed by atoms with van der Waals surface area (Å²) in [5.74, 6) is 0.537. The van der Waals surface area contributed by atoms with E-state index in [1.807, 2.05) is 0 Å². The van der Waals surface area contributed by atoms with Crippen molar-refractivity contribution in [1.29, 1.82) is 0 Å². The predicted octanol–water partition coefficient (Wildman–Crippen LogP) is 3.13. The van der Waals surface area contributed by atoms with Crippen LogP contribution in [-0.2, 0) is 9.53 Å². The Morgan fingerprint density at radius 1 is 0.938 bits per heavy atom. The first-order chi connectivity index (χ1) is 7.51. The number of allylic oxidation sites excluding steroid dienone is 7. The molecule has 0 bridgehead atoms. The number of rotatable bonds is 7. The van der Waals surface area contributed by atoms with Crippen LogP contribution in [0.1, 0.15) is 0 Å².